The molecule has 8 heteroatoms. The molecule has 2 aromatic heterocycles. The zero-order valence-corrected chi connectivity index (χ0v) is 10.0. The minimum atomic E-state index is -0.275. The lowest BCUT2D eigenvalue weighted by molar-refractivity contribution is 0.810. The quantitative estimate of drug-likeness (QED) is 0.845. The summed E-state index contributed by atoms with van der Waals surface area (Å²) in [6.45, 7) is 0.472. The first kappa shape index (κ1) is 10.8. The van der Waals surface area contributed by atoms with Crippen molar-refractivity contribution in [3.05, 3.63) is 33.2 Å². The first-order valence-corrected chi connectivity index (χ1v) is 5.27. The molecule has 16 heavy (non-hydrogen) atoms. The van der Waals surface area contributed by atoms with Gasteiger partial charge in [-0.1, -0.05) is 0 Å². The third kappa shape index (κ3) is 2.11. The fraction of sp³-hybridized carbons (Fsp3) is 0.250. The van der Waals surface area contributed by atoms with E-state index in [1.165, 1.54) is 6.20 Å². The molecule has 0 saturated carbocycles. The number of rotatable bonds is 3. The zero-order valence-electron chi connectivity index (χ0n) is 8.44. The van der Waals surface area contributed by atoms with E-state index in [0.717, 1.165) is 5.82 Å². The Labute approximate surface area is 99.0 Å². The minimum absolute atomic E-state index is 0.275. The number of H-pyrrole nitrogens is 1. The van der Waals surface area contributed by atoms with Crippen molar-refractivity contribution in [1.82, 2.24) is 25.0 Å². The van der Waals surface area contributed by atoms with Gasteiger partial charge in [-0.15, -0.1) is 10.2 Å². The van der Waals surface area contributed by atoms with Crippen molar-refractivity contribution in [2.75, 3.05) is 5.32 Å². The van der Waals surface area contributed by atoms with E-state index >= 15 is 0 Å². The second-order valence-corrected chi connectivity index (χ2v) is 3.93. The Balaban J connectivity index is 2.14. The van der Waals surface area contributed by atoms with Gasteiger partial charge in [0, 0.05) is 7.05 Å². The predicted molar refractivity (Wildman–Crippen MR) is 60.9 cm³/mol. The van der Waals surface area contributed by atoms with Crippen LogP contribution >= 0.6 is 15.9 Å². The summed E-state index contributed by atoms with van der Waals surface area (Å²) in [5, 5.41) is 16.7. The molecule has 0 fully saturated rings. The molecule has 0 aromatic carbocycles. The Bertz CT molecular complexity index is 547. The second-order valence-electron chi connectivity index (χ2n) is 3.14. The fourth-order valence-electron chi connectivity index (χ4n) is 1.15. The zero-order chi connectivity index (χ0) is 11.5. The molecule has 0 radical (unpaired) electrons. The smallest absolute Gasteiger partial charge is 0.280 e. The van der Waals surface area contributed by atoms with Gasteiger partial charge in [0.1, 0.15) is 10.8 Å². The third-order valence-electron chi connectivity index (χ3n) is 2.04. The summed E-state index contributed by atoms with van der Waals surface area (Å²) in [6.07, 6.45) is 3.14. The number of aromatic amines is 1. The van der Waals surface area contributed by atoms with E-state index in [1.54, 1.807) is 10.9 Å². The van der Waals surface area contributed by atoms with Gasteiger partial charge in [-0.25, -0.2) is 5.10 Å². The van der Waals surface area contributed by atoms with Crippen LogP contribution in [0.2, 0.25) is 0 Å². The molecule has 7 nitrogen and oxygen atoms in total. The van der Waals surface area contributed by atoms with Crippen LogP contribution < -0.4 is 10.9 Å². The van der Waals surface area contributed by atoms with Crippen LogP contribution in [0.1, 0.15) is 5.82 Å². The van der Waals surface area contributed by atoms with E-state index in [0.29, 0.717) is 16.7 Å². The van der Waals surface area contributed by atoms with Crippen molar-refractivity contribution in [2.24, 2.45) is 7.05 Å². The Morgan fingerprint density at radius 2 is 2.44 bits per heavy atom. The van der Waals surface area contributed by atoms with Crippen LogP contribution in [0.25, 0.3) is 0 Å². The molecule has 2 aromatic rings. The van der Waals surface area contributed by atoms with Crippen LogP contribution in [0.4, 0.5) is 5.69 Å². The summed E-state index contributed by atoms with van der Waals surface area (Å²) < 4.78 is 2.21. The SMILES string of the molecule is Cn1cnnc1CNc1cn[nH]c(=O)c1Br. The number of hydrogen-bond acceptors (Lipinski definition) is 5. The molecular weight excluding hydrogens is 276 g/mol. The molecule has 0 amide bonds. The highest BCUT2D eigenvalue weighted by Gasteiger charge is 2.05. The summed E-state index contributed by atoms with van der Waals surface area (Å²) in [4.78, 5) is 11.2. The number of nitrogens with one attached hydrogen (secondary N) is 2. The summed E-state index contributed by atoms with van der Waals surface area (Å²) in [5.41, 5.74) is 0.342. The number of aryl methyl sites for hydroxylation is 1. The van der Waals surface area contributed by atoms with Gasteiger partial charge >= 0.3 is 0 Å². The van der Waals surface area contributed by atoms with Crippen LogP contribution in [0, 0.1) is 0 Å². The predicted octanol–water partition coefficient (Wildman–Crippen LogP) is 0.273. The Morgan fingerprint density at radius 1 is 1.62 bits per heavy atom. The van der Waals surface area contributed by atoms with Crippen molar-refractivity contribution in [3.63, 3.8) is 0 Å². The molecule has 0 spiro atoms. The Hall–Kier alpha value is -1.70. The maximum Gasteiger partial charge on any atom is 0.280 e. The topological polar surface area (TPSA) is 88.5 Å². The first-order chi connectivity index (χ1) is 7.68. The number of hydrogen-bond donors (Lipinski definition) is 2. The molecule has 84 valence electrons. The van der Waals surface area contributed by atoms with Gasteiger partial charge in [-0.05, 0) is 15.9 Å². The highest BCUT2D eigenvalue weighted by Crippen LogP contribution is 2.15. The maximum absolute atomic E-state index is 11.2. The van der Waals surface area contributed by atoms with Crippen molar-refractivity contribution >= 4 is 21.6 Å². The van der Waals surface area contributed by atoms with E-state index in [4.69, 9.17) is 0 Å². The normalized spacial score (nSPS) is 10.4. The van der Waals surface area contributed by atoms with Crippen LogP contribution in [0.3, 0.4) is 0 Å². The summed E-state index contributed by atoms with van der Waals surface area (Å²) in [5.74, 6) is 0.771. The molecule has 0 unspecified atom stereocenters. The lowest BCUT2D eigenvalue weighted by atomic mass is 10.4. The highest BCUT2D eigenvalue weighted by molar-refractivity contribution is 9.10. The van der Waals surface area contributed by atoms with Gasteiger partial charge in [0.2, 0.25) is 0 Å². The number of aromatic nitrogens is 5. The molecule has 0 aliphatic carbocycles. The van der Waals surface area contributed by atoms with Crippen molar-refractivity contribution in [3.8, 4) is 0 Å². The average Bonchev–Trinajstić information content (AvgIpc) is 2.67. The van der Waals surface area contributed by atoms with Crippen molar-refractivity contribution < 1.29 is 0 Å². The Morgan fingerprint density at radius 3 is 3.12 bits per heavy atom. The van der Waals surface area contributed by atoms with Crippen molar-refractivity contribution in [2.45, 2.75) is 6.54 Å². The lowest BCUT2D eigenvalue weighted by Gasteiger charge is -2.05. The molecular formula is C8H9BrN6O. The highest BCUT2D eigenvalue weighted by atomic mass is 79.9. The van der Waals surface area contributed by atoms with E-state index < -0.39 is 0 Å². The molecule has 2 N–H and O–H groups in total. The van der Waals surface area contributed by atoms with Crippen LogP contribution in [0.5, 0.6) is 0 Å². The fourth-order valence-corrected chi connectivity index (χ4v) is 1.48. The van der Waals surface area contributed by atoms with Gasteiger partial charge < -0.3 is 9.88 Å². The van der Waals surface area contributed by atoms with Crippen LogP contribution in [-0.2, 0) is 13.6 Å². The van der Waals surface area contributed by atoms with E-state index in [9.17, 15) is 4.79 Å². The summed E-state index contributed by atoms with van der Waals surface area (Å²) in [6, 6.07) is 0. The molecule has 0 aliphatic heterocycles. The van der Waals surface area contributed by atoms with E-state index in [-0.39, 0.29) is 5.56 Å². The van der Waals surface area contributed by atoms with E-state index in [2.05, 4.69) is 41.6 Å². The van der Waals surface area contributed by atoms with Crippen LogP contribution in [-0.4, -0.2) is 25.0 Å². The first-order valence-electron chi connectivity index (χ1n) is 4.48. The number of nitrogens with zero attached hydrogens (tertiary/aromatic N) is 4. The standard InChI is InChI=1S/C8H9BrN6O/c1-15-4-12-13-6(15)3-10-5-2-11-14-8(16)7(5)9/h2,4H,3H2,1H3,(H2,10,14,16). The molecule has 2 heterocycles. The van der Waals surface area contributed by atoms with Gasteiger partial charge in [0.15, 0.2) is 5.82 Å². The minimum Gasteiger partial charge on any atom is -0.375 e. The lowest BCUT2D eigenvalue weighted by Crippen LogP contribution is -2.13. The molecule has 2 rings (SSSR count). The monoisotopic (exact) mass is 284 g/mol. The average molecular weight is 285 g/mol. The second kappa shape index (κ2) is 4.44. The Kier molecular flexibility index (Phi) is 3.00. The van der Waals surface area contributed by atoms with Gasteiger partial charge in [-0.3, -0.25) is 4.79 Å². The summed E-state index contributed by atoms with van der Waals surface area (Å²) in [7, 11) is 1.85. The number of halogens is 1. The maximum atomic E-state index is 11.2. The third-order valence-corrected chi connectivity index (χ3v) is 2.82. The number of anilines is 1. The summed E-state index contributed by atoms with van der Waals surface area (Å²) >= 11 is 3.17. The molecule has 0 saturated heterocycles. The van der Waals surface area contributed by atoms with Gasteiger partial charge in [0.05, 0.1) is 18.4 Å². The molecule has 0 aliphatic rings. The molecule has 0 atom stereocenters. The van der Waals surface area contributed by atoms with Crippen LogP contribution in [0.15, 0.2) is 21.8 Å². The molecule has 0 bridgehead atoms. The van der Waals surface area contributed by atoms with E-state index in [1.807, 2.05) is 7.05 Å². The van der Waals surface area contributed by atoms with Crippen molar-refractivity contribution in [1.29, 1.82) is 0 Å². The van der Waals surface area contributed by atoms with Gasteiger partial charge in [-0.2, -0.15) is 5.10 Å². The largest absolute Gasteiger partial charge is 0.375 e. The van der Waals surface area contributed by atoms with Gasteiger partial charge in [0.25, 0.3) is 5.56 Å².